The molecule has 1 atom stereocenters. The van der Waals surface area contributed by atoms with Crippen molar-refractivity contribution in [2.75, 3.05) is 6.61 Å². The lowest BCUT2D eigenvalue weighted by molar-refractivity contribution is 0.0953. The summed E-state index contributed by atoms with van der Waals surface area (Å²) in [5.74, 6) is 1.29. The zero-order chi connectivity index (χ0) is 18.6. The second-order valence-corrected chi connectivity index (χ2v) is 8.34. The zero-order valence-electron chi connectivity index (χ0n) is 14.6. The van der Waals surface area contributed by atoms with Crippen molar-refractivity contribution in [1.82, 2.24) is 14.8 Å². The molecule has 3 aromatic rings. The van der Waals surface area contributed by atoms with Gasteiger partial charge in [0.1, 0.15) is 5.82 Å². The van der Waals surface area contributed by atoms with E-state index in [-0.39, 0.29) is 11.9 Å². The van der Waals surface area contributed by atoms with Gasteiger partial charge in [0.25, 0.3) is 0 Å². The van der Waals surface area contributed by atoms with Crippen molar-refractivity contribution in [3.63, 3.8) is 0 Å². The summed E-state index contributed by atoms with van der Waals surface area (Å²) >= 11 is 5.16. The Bertz CT molecular complexity index is 910. The van der Waals surface area contributed by atoms with Crippen LogP contribution in [0.2, 0.25) is 0 Å². The maximum atomic E-state index is 13.3. The van der Waals surface area contributed by atoms with Crippen molar-refractivity contribution in [3.05, 3.63) is 64.4 Å². The minimum absolute atomic E-state index is 0.172. The molecule has 4 rings (SSSR count). The van der Waals surface area contributed by atoms with Crippen LogP contribution in [0.1, 0.15) is 18.4 Å². The van der Waals surface area contributed by atoms with Gasteiger partial charge < -0.3 is 4.74 Å². The average molecular weight is 448 g/mol. The number of thioether (sulfide) groups is 1. The summed E-state index contributed by atoms with van der Waals surface area (Å²) in [6.45, 7) is 1.51. The third kappa shape index (κ3) is 4.59. The lowest BCUT2D eigenvalue weighted by atomic mass is 10.2. The van der Waals surface area contributed by atoms with Crippen molar-refractivity contribution in [2.24, 2.45) is 0 Å². The maximum absolute atomic E-state index is 13.3. The van der Waals surface area contributed by atoms with Crippen LogP contribution in [0.3, 0.4) is 0 Å². The van der Waals surface area contributed by atoms with E-state index in [2.05, 4.69) is 42.8 Å². The topological polar surface area (TPSA) is 39.9 Å². The molecule has 27 heavy (non-hydrogen) atoms. The Morgan fingerprint density at radius 2 is 2.04 bits per heavy atom. The molecule has 0 bridgehead atoms. The number of nitrogens with zero attached hydrogens (tertiary/aromatic N) is 3. The molecular formula is C20H19BrFN3OS. The molecule has 1 saturated heterocycles. The average Bonchev–Trinajstić information content (AvgIpc) is 3.31. The zero-order valence-corrected chi connectivity index (χ0v) is 17.0. The number of halogens is 2. The Morgan fingerprint density at radius 1 is 1.19 bits per heavy atom. The fourth-order valence-electron chi connectivity index (χ4n) is 3.14. The Morgan fingerprint density at radius 3 is 2.78 bits per heavy atom. The fourth-order valence-corrected chi connectivity index (χ4v) is 4.48. The second kappa shape index (κ2) is 8.54. The summed E-state index contributed by atoms with van der Waals surface area (Å²) in [5.41, 5.74) is 2.07. The van der Waals surface area contributed by atoms with E-state index in [1.807, 2.05) is 12.1 Å². The molecule has 0 spiro atoms. The van der Waals surface area contributed by atoms with E-state index >= 15 is 0 Å². The second-order valence-electron chi connectivity index (χ2n) is 6.48. The lowest BCUT2D eigenvalue weighted by Gasteiger charge is -2.14. The third-order valence-corrected chi connectivity index (χ3v) is 6.02. The molecule has 7 heteroatoms. The van der Waals surface area contributed by atoms with Crippen LogP contribution in [0, 0.1) is 5.82 Å². The summed E-state index contributed by atoms with van der Waals surface area (Å²) < 4.78 is 22.3. The summed E-state index contributed by atoms with van der Waals surface area (Å²) in [6.07, 6.45) is 2.29. The number of hydrogen-bond donors (Lipinski definition) is 0. The predicted octanol–water partition coefficient (Wildman–Crippen LogP) is 5.32. The van der Waals surface area contributed by atoms with Crippen LogP contribution in [0.4, 0.5) is 4.39 Å². The van der Waals surface area contributed by atoms with Gasteiger partial charge in [0.15, 0.2) is 11.0 Å². The molecule has 4 nitrogen and oxygen atoms in total. The lowest BCUT2D eigenvalue weighted by Crippen LogP contribution is -2.16. The Kier molecular flexibility index (Phi) is 5.90. The highest BCUT2D eigenvalue weighted by Crippen LogP contribution is 2.29. The summed E-state index contributed by atoms with van der Waals surface area (Å²) in [7, 11) is 0. The van der Waals surface area contributed by atoms with Crippen molar-refractivity contribution in [1.29, 1.82) is 0 Å². The summed E-state index contributed by atoms with van der Waals surface area (Å²) in [4.78, 5) is 0. The number of benzene rings is 2. The number of aromatic nitrogens is 3. The van der Waals surface area contributed by atoms with Gasteiger partial charge in [0, 0.05) is 22.4 Å². The Balaban J connectivity index is 1.60. The first-order chi connectivity index (χ1) is 13.2. The molecule has 1 aromatic heterocycles. The molecule has 0 N–H and O–H groups in total. The van der Waals surface area contributed by atoms with Crippen LogP contribution in [-0.4, -0.2) is 27.5 Å². The van der Waals surface area contributed by atoms with Gasteiger partial charge in [-0.3, -0.25) is 4.57 Å². The minimum atomic E-state index is -0.256. The van der Waals surface area contributed by atoms with Gasteiger partial charge in [-0.15, -0.1) is 10.2 Å². The summed E-state index contributed by atoms with van der Waals surface area (Å²) in [5, 5.41) is 9.65. The Labute approximate surface area is 170 Å². The van der Waals surface area contributed by atoms with Gasteiger partial charge in [0.05, 0.1) is 12.6 Å². The highest BCUT2D eigenvalue weighted by atomic mass is 79.9. The first kappa shape index (κ1) is 18.7. The van der Waals surface area contributed by atoms with Crippen LogP contribution in [0.15, 0.2) is 58.2 Å². The van der Waals surface area contributed by atoms with Crippen LogP contribution in [0.25, 0.3) is 11.4 Å². The fraction of sp³-hybridized carbons (Fsp3) is 0.300. The molecule has 0 saturated carbocycles. The molecular weight excluding hydrogens is 429 g/mol. The van der Waals surface area contributed by atoms with Gasteiger partial charge in [-0.25, -0.2) is 4.39 Å². The molecule has 0 radical (unpaired) electrons. The first-order valence-corrected chi connectivity index (χ1v) is 10.6. The van der Waals surface area contributed by atoms with Crippen molar-refractivity contribution >= 4 is 27.7 Å². The maximum Gasteiger partial charge on any atom is 0.191 e. The largest absolute Gasteiger partial charge is 0.376 e. The van der Waals surface area contributed by atoms with E-state index in [4.69, 9.17) is 4.74 Å². The van der Waals surface area contributed by atoms with Gasteiger partial charge in [-0.1, -0.05) is 39.8 Å². The first-order valence-electron chi connectivity index (χ1n) is 8.87. The molecule has 140 valence electrons. The monoisotopic (exact) mass is 447 g/mol. The summed E-state index contributed by atoms with van der Waals surface area (Å²) in [6, 6.07) is 14.6. The van der Waals surface area contributed by atoms with Crippen LogP contribution < -0.4 is 0 Å². The van der Waals surface area contributed by atoms with Gasteiger partial charge in [0.2, 0.25) is 0 Å². The SMILES string of the molecule is Fc1ccc(-c2nnc(SCc3cccc(Br)c3)n2CC2CCCO2)cc1. The van der Waals surface area contributed by atoms with Crippen molar-refractivity contribution < 1.29 is 9.13 Å². The highest BCUT2D eigenvalue weighted by molar-refractivity contribution is 9.10. The van der Waals surface area contributed by atoms with E-state index in [0.29, 0.717) is 6.54 Å². The quantitative estimate of drug-likeness (QED) is 0.479. The van der Waals surface area contributed by atoms with Crippen LogP contribution in [-0.2, 0) is 17.0 Å². The number of hydrogen-bond acceptors (Lipinski definition) is 4. The molecule has 0 amide bonds. The molecule has 1 unspecified atom stereocenters. The standard InChI is InChI=1S/C20H19BrFN3OS/c21-16-4-1-3-14(11-16)13-27-20-24-23-19(15-6-8-17(22)9-7-15)25(20)12-18-5-2-10-26-18/h1,3-4,6-9,11,18H,2,5,10,12-13H2. The molecule has 0 aliphatic carbocycles. The van der Waals surface area contributed by atoms with E-state index < -0.39 is 0 Å². The van der Waals surface area contributed by atoms with Gasteiger partial charge >= 0.3 is 0 Å². The normalized spacial score (nSPS) is 16.7. The van der Waals surface area contributed by atoms with Crippen molar-refractivity contribution in [3.8, 4) is 11.4 Å². The molecule has 2 heterocycles. The smallest absolute Gasteiger partial charge is 0.191 e. The third-order valence-electron chi connectivity index (χ3n) is 4.49. The highest BCUT2D eigenvalue weighted by Gasteiger charge is 2.21. The van der Waals surface area contributed by atoms with E-state index in [1.54, 1.807) is 23.9 Å². The van der Waals surface area contributed by atoms with Gasteiger partial charge in [-0.2, -0.15) is 0 Å². The van der Waals surface area contributed by atoms with Crippen molar-refractivity contribution in [2.45, 2.75) is 36.4 Å². The molecule has 1 fully saturated rings. The van der Waals surface area contributed by atoms with E-state index in [9.17, 15) is 4.39 Å². The van der Waals surface area contributed by atoms with E-state index in [1.165, 1.54) is 17.7 Å². The van der Waals surface area contributed by atoms with Gasteiger partial charge in [-0.05, 0) is 54.8 Å². The van der Waals surface area contributed by atoms with E-state index in [0.717, 1.165) is 46.2 Å². The molecule has 1 aliphatic heterocycles. The Hall–Kier alpha value is -1.70. The molecule has 1 aliphatic rings. The van der Waals surface area contributed by atoms with Crippen LogP contribution >= 0.6 is 27.7 Å². The number of rotatable bonds is 6. The molecule has 2 aromatic carbocycles. The minimum Gasteiger partial charge on any atom is -0.376 e. The van der Waals surface area contributed by atoms with Crippen LogP contribution in [0.5, 0.6) is 0 Å². The predicted molar refractivity (Wildman–Crippen MR) is 108 cm³/mol. The number of ether oxygens (including phenoxy) is 1.